The molecule has 0 aliphatic carbocycles. The largest absolute Gasteiger partial charge is 0.493 e. The molecule has 6 heteroatoms. The number of nitrogens with one attached hydrogen (secondary N) is 1. The van der Waals surface area contributed by atoms with Gasteiger partial charge in [0, 0.05) is 23.1 Å². The molecule has 0 bridgehead atoms. The number of methoxy groups -OCH3 is 2. The highest BCUT2D eigenvalue weighted by atomic mass is 16.5. The van der Waals surface area contributed by atoms with Gasteiger partial charge in [0.15, 0.2) is 17.3 Å². The molecule has 30 heavy (non-hydrogen) atoms. The summed E-state index contributed by atoms with van der Waals surface area (Å²) in [6, 6.07) is 9.27. The molecule has 1 aromatic heterocycles. The van der Waals surface area contributed by atoms with Gasteiger partial charge in [-0.1, -0.05) is 12.1 Å². The van der Waals surface area contributed by atoms with Crippen molar-refractivity contribution >= 4 is 23.0 Å². The van der Waals surface area contributed by atoms with E-state index < -0.39 is 0 Å². The molecule has 3 aromatic rings. The smallest absolute Gasteiger partial charge is 0.287 e. The molecule has 0 saturated carbocycles. The van der Waals surface area contributed by atoms with E-state index in [1.807, 2.05) is 63.3 Å². The first-order valence-corrected chi connectivity index (χ1v) is 9.76. The number of furan rings is 1. The normalized spacial score (nSPS) is 14.2. The molecule has 0 fully saturated rings. The SMILES string of the molecule is COc1ccc(CNC(=O)c2oc3ccc4c(c3c2C)C=CC(C)(C)O4)cc1OC. The number of benzene rings is 2. The molecule has 1 N–H and O–H groups in total. The Morgan fingerprint density at radius 1 is 1.10 bits per heavy atom. The maximum atomic E-state index is 12.8. The average molecular weight is 407 g/mol. The molecule has 0 atom stereocenters. The lowest BCUT2D eigenvalue weighted by Crippen LogP contribution is -2.27. The summed E-state index contributed by atoms with van der Waals surface area (Å²) in [6.07, 6.45) is 4.05. The van der Waals surface area contributed by atoms with E-state index in [1.54, 1.807) is 14.2 Å². The van der Waals surface area contributed by atoms with Crippen molar-refractivity contribution in [3.8, 4) is 17.2 Å². The molecule has 6 nitrogen and oxygen atoms in total. The van der Waals surface area contributed by atoms with E-state index in [0.717, 1.165) is 27.8 Å². The molecule has 0 radical (unpaired) electrons. The number of hydrogen-bond donors (Lipinski definition) is 1. The fourth-order valence-corrected chi connectivity index (χ4v) is 3.68. The van der Waals surface area contributed by atoms with Crippen LogP contribution in [-0.2, 0) is 6.54 Å². The van der Waals surface area contributed by atoms with Gasteiger partial charge in [0.1, 0.15) is 16.9 Å². The standard InChI is InChI=1S/C24H25NO5/c1-14-21-16-10-11-24(2,3)30-17(16)8-9-19(21)29-22(14)23(26)25-13-15-6-7-18(27-4)20(12-15)28-5/h6-12H,13H2,1-5H3,(H,25,26). The number of hydrogen-bond acceptors (Lipinski definition) is 5. The average Bonchev–Trinajstić information content (AvgIpc) is 3.07. The van der Waals surface area contributed by atoms with E-state index in [-0.39, 0.29) is 11.5 Å². The van der Waals surface area contributed by atoms with Crippen LogP contribution in [0.15, 0.2) is 40.8 Å². The van der Waals surface area contributed by atoms with Crippen molar-refractivity contribution in [1.29, 1.82) is 0 Å². The Labute approximate surface area is 175 Å². The Morgan fingerprint density at radius 2 is 1.87 bits per heavy atom. The van der Waals surface area contributed by atoms with E-state index >= 15 is 0 Å². The lowest BCUT2D eigenvalue weighted by molar-refractivity contribution is 0.0924. The zero-order valence-electron chi connectivity index (χ0n) is 17.8. The highest BCUT2D eigenvalue weighted by molar-refractivity contribution is 6.02. The van der Waals surface area contributed by atoms with Gasteiger partial charge in [-0.25, -0.2) is 0 Å². The third-order valence-electron chi connectivity index (χ3n) is 5.23. The molecule has 0 saturated heterocycles. The molecular weight excluding hydrogens is 382 g/mol. The van der Waals surface area contributed by atoms with Gasteiger partial charge in [-0.2, -0.15) is 0 Å². The van der Waals surface area contributed by atoms with Crippen LogP contribution in [0.25, 0.3) is 17.0 Å². The van der Waals surface area contributed by atoms with Crippen molar-refractivity contribution in [2.45, 2.75) is 32.9 Å². The van der Waals surface area contributed by atoms with Gasteiger partial charge >= 0.3 is 0 Å². The second-order valence-electron chi connectivity index (χ2n) is 7.82. The Hall–Kier alpha value is -3.41. The van der Waals surface area contributed by atoms with E-state index in [2.05, 4.69) is 5.32 Å². The van der Waals surface area contributed by atoms with Gasteiger partial charge in [-0.3, -0.25) is 4.79 Å². The van der Waals surface area contributed by atoms with E-state index in [1.165, 1.54) is 0 Å². The summed E-state index contributed by atoms with van der Waals surface area (Å²) in [5, 5.41) is 3.82. The maximum Gasteiger partial charge on any atom is 0.287 e. The van der Waals surface area contributed by atoms with Gasteiger partial charge in [-0.15, -0.1) is 0 Å². The molecular formula is C24H25NO5. The minimum atomic E-state index is -0.363. The van der Waals surface area contributed by atoms with E-state index in [9.17, 15) is 4.79 Å². The van der Waals surface area contributed by atoms with E-state index in [0.29, 0.717) is 29.4 Å². The second-order valence-corrected chi connectivity index (χ2v) is 7.82. The highest BCUT2D eigenvalue weighted by Crippen LogP contribution is 2.39. The zero-order valence-corrected chi connectivity index (χ0v) is 17.8. The molecule has 4 rings (SSSR count). The predicted octanol–water partition coefficient (Wildman–Crippen LogP) is 4.87. The van der Waals surface area contributed by atoms with Crippen molar-refractivity contribution in [2.75, 3.05) is 14.2 Å². The van der Waals surface area contributed by atoms with Crippen molar-refractivity contribution in [3.05, 3.63) is 58.9 Å². The number of carbonyl (C=O) groups is 1. The van der Waals surface area contributed by atoms with Gasteiger partial charge in [0.05, 0.1) is 14.2 Å². The summed E-state index contributed by atoms with van der Waals surface area (Å²) in [6.45, 7) is 6.24. The molecule has 1 aliphatic rings. The Balaban J connectivity index is 1.59. The summed E-state index contributed by atoms with van der Waals surface area (Å²) >= 11 is 0. The number of rotatable bonds is 5. The van der Waals surface area contributed by atoms with Crippen molar-refractivity contribution < 1.29 is 23.4 Å². The lowest BCUT2D eigenvalue weighted by atomic mass is 9.98. The maximum absolute atomic E-state index is 12.8. The fourth-order valence-electron chi connectivity index (χ4n) is 3.68. The lowest BCUT2D eigenvalue weighted by Gasteiger charge is -2.28. The minimum Gasteiger partial charge on any atom is -0.493 e. The number of amides is 1. The van der Waals surface area contributed by atoms with Crippen LogP contribution in [-0.4, -0.2) is 25.7 Å². The van der Waals surface area contributed by atoms with Crippen LogP contribution in [0.4, 0.5) is 0 Å². The van der Waals surface area contributed by atoms with Crippen LogP contribution < -0.4 is 19.5 Å². The molecule has 0 unspecified atom stereocenters. The van der Waals surface area contributed by atoms with Crippen molar-refractivity contribution in [2.24, 2.45) is 0 Å². The second kappa shape index (κ2) is 7.44. The third-order valence-corrected chi connectivity index (χ3v) is 5.23. The monoisotopic (exact) mass is 407 g/mol. The first-order chi connectivity index (χ1) is 14.3. The quantitative estimate of drug-likeness (QED) is 0.653. The first-order valence-electron chi connectivity index (χ1n) is 9.76. The number of aryl methyl sites for hydroxylation is 1. The number of fused-ring (bicyclic) bond motifs is 3. The van der Waals surface area contributed by atoms with Crippen molar-refractivity contribution in [3.63, 3.8) is 0 Å². The molecule has 156 valence electrons. The summed E-state index contributed by atoms with van der Waals surface area (Å²) < 4.78 is 22.5. The molecule has 0 spiro atoms. The molecule has 1 aliphatic heterocycles. The van der Waals surface area contributed by atoms with Crippen LogP contribution in [0.3, 0.4) is 0 Å². The Kier molecular flexibility index (Phi) is 4.94. The van der Waals surface area contributed by atoms with Crippen LogP contribution >= 0.6 is 0 Å². The molecule has 2 aromatic carbocycles. The van der Waals surface area contributed by atoms with Crippen molar-refractivity contribution in [1.82, 2.24) is 5.32 Å². The first kappa shape index (κ1) is 19.9. The van der Waals surface area contributed by atoms with Crippen LogP contribution in [0.2, 0.25) is 0 Å². The number of carbonyl (C=O) groups excluding carboxylic acids is 1. The Morgan fingerprint density at radius 3 is 2.60 bits per heavy atom. The van der Waals surface area contributed by atoms with Gasteiger partial charge in [0.2, 0.25) is 0 Å². The van der Waals surface area contributed by atoms with Crippen LogP contribution in [0, 0.1) is 6.92 Å². The summed E-state index contributed by atoms with van der Waals surface area (Å²) in [4.78, 5) is 12.8. The van der Waals surface area contributed by atoms with Gasteiger partial charge < -0.3 is 23.9 Å². The summed E-state index contributed by atoms with van der Waals surface area (Å²) in [5.74, 6) is 2.08. The van der Waals surface area contributed by atoms with Crippen LogP contribution in [0.1, 0.15) is 41.1 Å². The van der Waals surface area contributed by atoms with Crippen LogP contribution in [0.5, 0.6) is 17.2 Å². The summed E-state index contributed by atoms with van der Waals surface area (Å²) in [5.41, 5.74) is 2.92. The minimum absolute atomic E-state index is 0.270. The van der Waals surface area contributed by atoms with Gasteiger partial charge in [-0.05, 0) is 56.7 Å². The molecule has 2 heterocycles. The Bertz CT molecular complexity index is 1160. The number of ether oxygens (including phenoxy) is 3. The highest BCUT2D eigenvalue weighted by Gasteiger charge is 2.26. The summed E-state index contributed by atoms with van der Waals surface area (Å²) in [7, 11) is 3.17. The molecule has 1 amide bonds. The zero-order chi connectivity index (χ0) is 21.5. The third kappa shape index (κ3) is 3.49. The van der Waals surface area contributed by atoms with E-state index in [4.69, 9.17) is 18.6 Å². The topological polar surface area (TPSA) is 69.9 Å². The van der Waals surface area contributed by atoms with Gasteiger partial charge in [0.25, 0.3) is 5.91 Å². The fraction of sp³-hybridized carbons (Fsp3) is 0.292. The predicted molar refractivity (Wildman–Crippen MR) is 115 cm³/mol.